The van der Waals surface area contributed by atoms with Crippen LogP contribution in [0.5, 0.6) is 5.88 Å². The Hall–Kier alpha value is -1.03. The first-order valence-corrected chi connectivity index (χ1v) is 6.60. The van der Waals surface area contributed by atoms with Crippen molar-refractivity contribution in [3.05, 3.63) is 11.3 Å². The number of rotatable bonds is 4. The molecule has 1 fully saturated rings. The van der Waals surface area contributed by atoms with E-state index in [1.165, 1.54) is 37.7 Å². The predicted molar refractivity (Wildman–Crippen MR) is 68.4 cm³/mol. The molecule has 2 rings (SSSR count). The second kappa shape index (κ2) is 5.54. The Balaban J connectivity index is 2.29. The van der Waals surface area contributed by atoms with Crippen LogP contribution in [0.4, 0.5) is 0 Å². The van der Waals surface area contributed by atoms with E-state index in [9.17, 15) is 0 Å². The first-order valence-electron chi connectivity index (χ1n) is 6.60. The van der Waals surface area contributed by atoms with Crippen molar-refractivity contribution in [3.8, 4) is 5.88 Å². The van der Waals surface area contributed by atoms with Crippen molar-refractivity contribution in [3.63, 3.8) is 0 Å². The van der Waals surface area contributed by atoms with Crippen molar-refractivity contribution in [1.29, 1.82) is 0 Å². The van der Waals surface area contributed by atoms with Gasteiger partial charge in [-0.2, -0.15) is 5.10 Å². The fraction of sp³-hybridized carbons (Fsp3) is 0.769. The normalized spacial score (nSPS) is 17.4. The van der Waals surface area contributed by atoms with E-state index in [1.807, 2.05) is 6.92 Å². The highest BCUT2D eigenvalue weighted by atomic mass is 16.5. The monoisotopic (exact) mass is 237 g/mol. The quantitative estimate of drug-likeness (QED) is 0.873. The number of hydrogen-bond acceptors (Lipinski definition) is 3. The van der Waals surface area contributed by atoms with Gasteiger partial charge in [0.25, 0.3) is 0 Å². The molecule has 0 unspecified atom stereocenters. The molecule has 0 atom stereocenters. The number of nitrogens with zero attached hydrogens (tertiary/aromatic N) is 2. The van der Waals surface area contributed by atoms with Crippen LogP contribution in [-0.2, 0) is 6.42 Å². The largest absolute Gasteiger partial charge is 0.481 e. The van der Waals surface area contributed by atoms with Gasteiger partial charge in [0.2, 0.25) is 5.88 Å². The summed E-state index contributed by atoms with van der Waals surface area (Å²) in [6, 6.07) is 0.518. The average Bonchev–Trinajstić information content (AvgIpc) is 2.68. The molecule has 1 saturated carbocycles. The summed E-state index contributed by atoms with van der Waals surface area (Å²) in [6.07, 6.45) is 7.26. The van der Waals surface area contributed by atoms with E-state index in [2.05, 4.69) is 9.78 Å². The van der Waals surface area contributed by atoms with E-state index in [-0.39, 0.29) is 0 Å². The SMILES string of the molecule is COc1c(CCN)c(C)nn1C1CCCCC1. The van der Waals surface area contributed by atoms with Gasteiger partial charge in [0.05, 0.1) is 18.8 Å². The summed E-state index contributed by atoms with van der Waals surface area (Å²) >= 11 is 0. The molecule has 0 aromatic carbocycles. The van der Waals surface area contributed by atoms with E-state index >= 15 is 0 Å². The summed E-state index contributed by atoms with van der Waals surface area (Å²) < 4.78 is 7.64. The zero-order valence-corrected chi connectivity index (χ0v) is 10.9. The summed E-state index contributed by atoms with van der Waals surface area (Å²) in [5, 5.41) is 4.66. The molecule has 17 heavy (non-hydrogen) atoms. The second-order valence-electron chi connectivity index (χ2n) is 4.85. The highest BCUT2D eigenvalue weighted by Gasteiger charge is 2.23. The molecule has 2 N–H and O–H groups in total. The van der Waals surface area contributed by atoms with E-state index in [1.54, 1.807) is 7.11 Å². The molecule has 4 nitrogen and oxygen atoms in total. The number of aromatic nitrogens is 2. The lowest BCUT2D eigenvalue weighted by atomic mass is 9.96. The third kappa shape index (κ3) is 2.46. The summed E-state index contributed by atoms with van der Waals surface area (Å²) in [5.41, 5.74) is 7.90. The number of methoxy groups -OCH3 is 1. The van der Waals surface area contributed by atoms with E-state index < -0.39 is 0 Å². The smallest absolute Gasteiger partial charge is 0.215 e. The van der Waals surface area contributed by atoms with Crippen LogP contribution in [0.2, 0.25) is 0 Å². The van der Waals surface area contributed by atoms with Crippen molar-refractivity contribution in [2.75, 3.05) is 13.7 Å². The summed E-state index contributed by atoms with van der Waals surface area (Å²) in [6.45, 7) is 2.69. The van der Waals surface area contributed by atoms with Crippen molar-refractivity contribution >= 4 is 0 Å². The minimum absolute atomic E-state index is 0.518. The van der Waals surface area contributed by atoms with Gasteiger partial charge in [-0.1, -0.05) is 19.3 Å². The molecular weight excluding hydrogens is 214 g/mol. The minimum atomic E-state index is 0.518. The Morgan fingerprint density at radius 3 is 2.65 bits per heavy atom. The van der Waals surface area contributed by atoms with Crippen LogP contribution in [0, 0.1) is 6.92 Å². The number of aryl methyl sites for hydroxylation is 1. The first-order chi connectivity index (χ1) is 8.27. The summed E-state index contributed by atoms with van der Waals surface area (Å²) in [7, 11) is 1.73. The lowest BCUT2D eigenvalue weighted by Gasteiger charge is -2.23. The molecule has 1 aromatic heterocycles. The molecule has 4 heteroatoms. The van der Waals surface area contributed by atoms with Gasteiger partial charge in [0, 0.05) is 5.56 Å². The van der Waals surface area contributed by atoms with Crippen LogP contribution in [0.15, 0.2) is 0 Å². The Morgan fingerprint density at radius 1 is 1.35 bits per heavy atom. The molecule has 0 amide bonds. The van der Waals surface area contributed by atoms with Crippen molar-refractivity contribution in [2.24, 2.45) is 5.73 Å². The minimum Gasteiger partial charge on any atom is -0.481 e. The fourth-order valence-electron chi connectivity index (χ4n) is 2.78. The van der Waals surface area contributed by atoms with Crippen LogP contribution < -0.4 is 10.5 Å². The van der Waals surface area contributed by atoms with E-state index in [4.69, 9.17) is 10.5 Å². The Kier molecular flexibility index (Phi) is 4.05. The van der Waals surface area contributed by atoms with Crippen LogP contribution >= 0.6 is 0 Å². The second-order valence-corrected chi connectivity index (χ2v) is 4.85. The van der Waals surface area contributed by atoms with Gasteiger partial charge >= 0.3 is 0 Å². The summed E-state index contributed by atoms with van der Waals surface area (Å²) in [5.74, 6) is 0.930. The molecule has 1 aliphatic carbocycles. The van der Waals surface area contributed by atoms with Gasteiger partial charge in [-0.25, -0.2) is 4.68 Å². The van der Waals surface area contributed by atoms with E-state index in [0.717, 1.165) is 18.0 Å². The van der Waals surface area contributed by atoms with Crippen LogP contribution in [-0.4, -0.2) is 23.4 Å². The molecule has 1 aromatic rings. The van der Waals surface area contributed by atoms with Crippen molar-refractivity contribution in [1.82, 2.24) is 9.78 Å². The molecule has 0 aliphatic heterocycles. The van der Waals surface area contributed by atoms with Gasteiger partial charge in [-0.3, -0.25) is 0 Å². The molecule has 1 heterocycles. The number of ether oxygens (including phenoxy) is 1. The molecule has 96 valence electrons. The predicted octanol–water partition coefficient (Wildman–Crippen LogP) is 2.21. The van der Waals surface area contributed by atoms with Crippen molar-refractivity contribution in [2.45, 2.75) is 51.5 Å². The Labute approximate surface area is 103 Å². The maximum atomic E-state index is 5.65. The maximum Gasteiger partial charge on any atom is 0.215 e. The fourth-order valence-corrected chi connectivity index (χ4v) is 2.78. The first kappa shape index (κ1) is 12.4. The molecule has 0 saturated heterocycles. The maximum absolute atomic E-state index is 5.65. The highest BCUT2D eigenvalue weighted by molar-refractivity contribution is 5.32. The molecule has 0 spiro atoms. The molecule has 0 bridgehead atoms. The Morgan fingerprint density at radius 2 is 2.06 bits per heavy atom. The van der Waals surface area contributed by atoms with Gasteiger partial charge < -0.3 is 10.5 Å². The third-order valence-electron chi connectivity index (χ3n) is 3.67. The van der Waals surface area contributed by atoms with Gasteiger partial charge in [0.15, 0.2) is 0 Å². The van der Waals surface area contributed by atoms with E-state index in [0.29, 0.717) is 12.6 Å². The van der Waals surface area contributed by atoms with Crippen molar-refractivity contribution < 1.29 is 4.74 Å². The van der Waals surface area contributed by atoms with Crippen LogP contribution in [0.1, 0.15) is 49.4 Å². The highest BCUT2D eigenvalue weighted by Crippen LogP contribution is 2.33. The number of nitrogens with two attached hydrogens (primary N) is 1. The van der Waals surface area contributed by atoms with Gasteiger partial charge in [-0.05, 0) is 32.7 Å². The lowest BCUT2D eigenvalue weighted by molar-refractivity contribution is 0.279. The molecule has 1 aliphatic rings. The topological polar surface area (TPSA) is 53.1 Å². The molecular formula is C13H23N3O. The molecule has 0 radical (unpaired) electrons. The zero-order valence-electron chi connectivity index (χ0n) is 10.9. The third-order valence-corrected chi connectivity index (χ3v) is 3.67. The standard InChI is InChI=1S/C13H23N3O/c1-10-12(8-9-14)13(17-2)16(15-10)11-6-4-3-5-7-11/h11H,3-9,14H2,1-2H3. The van der Waals surface area contributed by atoms with Crippen LogP contribution in [0.3, 0.4) is 0 Å². The van der Waals surface area contributed by atoms with Gasteiger partial charge in [0.1, 0.15) is 0 Å². The Bertz CT molecular complexity index is 367. The van der Waals surface area contributed by atoms with Gasteiger partial charge in [-0.15, -0.1) is 0 Å². The average molecular weight is 237 g/mol. The van der Waals surface area contributed by atoms with Crippen LogP contribution in [0.25, 0.3) is 0 Å². The lowest BCUT2D eigenvalue weighted by Crippen LogP contribution is -2.15. The summed E-state index contributed by atoms with van der Waals surface area (Å²) in [4.78, 5) is 0. The zero-order chi connectivity index (χ0) is 12.3. The number of hydrogen-bond donors (Lipinski definition) is 1.